The minimum absolute atomic E-state index is 0.246. The quantitative estimate of drug-likeness (QED) is 0.770. The second kappa shape index (κ2) is 8.11. The van der Waals surface area contributed by atoms with Gasteiger partial charge in [0.1, 0.15) is 5.75 Å². The van der Waals surface area contributed by atoms with Crippen LogP contribution in [0.2, 0.25) is 0 Å². The molecule has 102 valence electrons. The maximum Gasteiger partial charge on any atom is 0.119 e. The van der Waals surface area contributed by atoms with Crippen LogP contribution in [-0.4, -0.2) is 26.3 Å². The molecule has 0 aliphatic carbocycles. The molecule has 0 saturated carbocycles. The lowest BCUT2D eigenvalue weighted by Crippen LogP contribution is -2.32. The summed E-state index contributed by atoms with van der Waals surface area (Å²) >= 11 is 0. The second-order valence-corrected chi connectivity index (χ2v) is 4.75. The number of hydrogen-bond donors (Lipinski definition) is 1. The fourth-order valence-electron chi connectivity index (χ4n) is 1.74. The van der Waals surface area contributed by atoms with Crippen molar-refractivity contribution in [2.45, 2.75) is 33.5 Å². The average molecular weight is 251 g/mol. The molecule has 0 aromatic heterocycles. The summed E-state index contributed by atoms with van der Waals surface area (Å²) in [5.74, 6) is 1.39. The van der Waals surface area contributed by atoms with E-state index >= 15 is 0 Å². The number of likely N-dealkylation sites (N-methyl/N-ethyl adjacent to an activating group) is 1. The highest BCUT2D eigenvalue weighted by atomic mass is 16.5. The topological polar surface area (TPSA) is 30.5 Å². The van der Waals surface area contributed by atoms with Crippen molar-refractivity contribution in [3.63, 3.8) is 0 Å². The van der Waals surface area contributed by atoms with Crippen molar-refractivity contribution in [1.82, 2.24) is 5.32 Å². The summed E-state index contributed by atoms with van der Waals surface area (Å²) in [7, 11) is 1.68. The minimum atomic E-state index is 0.246. The van der Waals surface area contributed by atoms with Crippen LogP contribution in [0, 0.1) is 5.92 Å². The largest absolute Gasteiger partial charge is 0.497 e. The summed E-state index contributed by atoms with van der Waals surface area (Å²) in [6, 6.07) is 8.02. The monoisotopic (exact) mass is 251 g/mol. The summed E-state index contributed by atoms with van der Waals surface area (Å²) in [6.45, 7) is 9.00. The van der Waals surface area contributed by atoms with Crippen LogP contribution in [0.15, 0.2) is 24.3 Å². The molecule has 1 unspecified atom stereocenters. The summed E-state index contributed by atoms with van der Waals surface area (Å²) in [6.07, 6.45) is 0.246. The summed E-state index contributed by atoms with van der Waals surface area (Å²) in [5.41, 5.74) is 1.15. The second-order valence-electron chi connectivity index (χ2n) is 4.75. The van der Waals surface area contributed by atoms with E-state index in [2.05, 4.69) is 32.2 Å². The zero-order valence-corrected chi connectivity index (χ0v) is 11.9. The Labute approximate surface area is 110 Å². The van der Waals surface area contributed by atoms with Gasteiger partial charge in [-0.15, -0.1) is 0 Å². The van der Waals surface area contributed by atoms with Crippen LogP contribution in [-0.2, 0) is 11.3 Å². The Morgan fingerprint density at radius 1 is 1.28 bits per heavy atom. The van der Waals surface area contributed by atoms with Crippen LogP contribution in [0.5, 0.6) is 5.75 Å². The molecule has 0 fully saturated rings. The number of nitrogens with one attached hydrogen (secondary N) is 1. The first-order valence-corrected chi connectivity index (χ1v) is 6.62. The van der Waals surface area contributed by atoms with Gasteiger partial charge in [-0.1, -0.05) is 32.9 Å². The van der Waals surface area contributed by atoms with Gasteiger partial charge in [-0.05, 0) is 30.2 Å². The molecule has 1 aromatic rings. The maximum absolute atomic E-state index is 5.97. The molecule has 1 N–H and O–H groups in total. The Balaban J connectivity index is 2.49. The first-order valence-electron chi connectivity index (χ1n) is 6.62. The third-order valence-electron chi connectivity index (χ3n) is 2.94. The molecule has 3 nitrogen and oxygen atoms in total. The lowest BCUT2D eigenvalue weighted by Gasteiger charge is -2.22. The van der Waals surface area contributed by atoms with Gasteiger partial charge < -0.3 is 14.8 Å². The Kier molecular flexibility index (Phi) is 6.76. The molecule has 0 radical (unpaired) electrons. The van der Waals surface area contributed by atoms with E-state index in [1.165, 1.54) is 0 Å². The molecule has 1 atom stereocenters. The maximum atomic E-state index is 5.97. The molecule has 0 aliphatic rings. The number of rotatable bonds is 8. The number of ether oxygens (including phenoxy) is 2. The normalized spacial score (nSPS) is 12.7. The van der Waals surface area contributed by atoms with Crippen LogP contribution < -0.4 is 10.1 Å². The van der Waals surface area contributed by atoms with E-state index in [4.69, 9.17) is 9.47 Å². The highest BCUT2D eigenvalue weighted by Crippen LogP contribution is 2.15. The van der Waals surface area contributed by atoms with Gasteiger partial charge in [0.2, 0.25) is 0 Å². The number of hydrogen-bond acceptors (Lipinski definition) is 3. The molecule has 0 heterocycles. The van der Waals surface area contributed by atoms with Crippen LogP contribution >= 0.6 is 0 Å². The van der Waals surface area contributed by atoms with Gasteiger partial charge in [-0.3, -0.25) is 0 Å². The fraction of sp³-hybridized carbons (Fsp3) is 0.600. The minimum Gasteiger partial charge on any atom is -0.497 e. The van der Waals surface area contributed by atoms with Gasteiger partial charge >= 0.3 is 0 Å². The molecule has 0 saturated heterocycles. The highest BCUT2D eigenvalue weighted by Gasteiger charge is 2.13. The van der Waals surface area contributed by atoms with E-state index in [1.807, 2.05) is 18.2 Å². The van der Waals surface area contributed by atoms with Crippen molar-refractivity contribution in [1.29, 1.82) is 0 Å². The predicted molar refractivity (Wildman–Crippen MR) is 75.0 cm³/mol. The SMILES string of the molecule is CCNCC(OCc1cccc(OC)c1)C(C)C. The summed E-state index contributed by atoms with van der Waals surface area (Å²) in [4.78, 5) is 0. The van der Waals surface area contributed by atoms with Gasteiger partial charge in [-0.2, -0.15) is 0 Å². The van der Waals surface area contributed by atoms with Crippen molar-refractivity contribution in [3.05, 3.63) is 29.8 Å². The van der Waals surface area contributed by atoms with E-state index in [1.54, 1.807) is 7.11 Å². The average Bonchev–Trinajstić information content (AvgIpc) is 2.38. The van der Waals surface area contributed by atoms with E-state index in [-0.39, 0.29) is 6.10 Å². The number of methoxy groups -OCH3 is 1. The molecule has 18 heavy (non-hydrogen) atoms. The Morgan fingerprint density at radius 2 is 2.06 bits per heavy atom. The zero-order chi connectivity index (χ0) is 13.4. The predicted octanol–water partition coefficient (Wildman–Crippen LogP) is 2.85. The van der Waals surface area contributed by atoms with Gasteiger partial charge in [0.25, 0.3) is 0 Å². The van der Waals surface area contributed by atoms with Crippen molar-refractivity contribution < 1.29 is 9.47 Å². The van der Waals surface area contributed by atoms with Crippen LogP contribution in [0.3, 0.4) is 0 Å². The van der Waals surface area contributed by atoms with Crippen molar-refractivity contribution >= 4 is 0 Å². The molecule has 0 aliphatic heterocycles. The van der Waals surface area contributed by atoms with Crippen molar-refractivity contribution in [2.24, 2.45) is 5.92 Å². The van der Waals surface area contributed by atoms with Gasteiger partial charge in [0.15, 0.2) is 0 Å². The van der Waals surface area contributed by atoms with Gasteiger partial charge in [0, 0.05) is 6.54 Å². The Morgan fingerprint density at radius 3 is 2.67 bits per heavy atom. The van der Waals surface area contributed by atoms with E-state index in [9.17, 15) is 0 Å². The first-order chi connectivity index (χ1) is 8.67. The Hall–Kier alpha value is -1.06. The smallest absolute Gasteiger partial charge is 0.119 e. The lowest BCUT2D eigenvalue weighted by molar-refractivity contribution is 0.0116. The van der Waals surface area contributed by atoms with E-state index in [0.29, 0.717) is 12.5 Å². The van der Waals surface area contributed by atoms with Crippen molar-refractivity contribution in [2.75, 3.05) is 20.2 Å². The molecule has 1 rings (SSSR count). The molecular formula is C15H25NO2. The summed E-state index contributed by atoms with van der Waals surface area (Å²) in [5, 5.41) is 3.34. The molecule has 3 heteroatoms. The van der Waals surface area contributed by atoms with Crippen molar-refractivity contribution in [3.8, 4) is 5.75 Å². The summed E-state index contributed by atoms with van der Waals surface area (Å²) < 4.78 is 11.2. The molecule has 0 amide bonds. The number of benzene rings is 1. The zero-order valence-electron chi connectivity index (χ0n) is 11.9. The highest BCUT2D eigenvalue weighted by molar-refractivity contribution is 5.27. The molecule has 0 bridgehead atoms. The van der Waals surface area contributed by atoms with Crippen LogP contribution in [0.4, 0.5) is 0 Å². The van der Waals surface area contributed by atoms with Gasteiger partial charge in [-0.25, -0.2) is 0 Å². The van der Waals surface area contributed by atoms with Crippen LogP contribution in [0.25, 0.3) is 0 Å². The fourth-order valence-corrected chi connectivity index (χ4v) is 1.74. The van der Waals surface area contributed by atoms with Crippen LogP contribution in [0.1, 0.15) is 26.3 Å². The lowest BCUT2D eigenvalue weighted by atomic mass is 10.1. The first kappa shape index (κ1) is 15.0. The molecule has 0 spiro atoms. The standard InChI is InChI=1S/C15H25NO2/c1-5-16-10-15(12(2)3)18-11-13-7-6-8-14(9-13)17-4/h6-9,12,15-16H,5,10-11H2,1-4H3. The third kappa shape index (κ3) is 5.07. The van der Waals surface area contributed by atoms with E-state index in [0.717, 1.165) is 24.4 Å². The molecular weight excluding hydrogens is 226 g/mol. The third-order valence-corrected chi connectivity index (χ3v) is 2.94. The Bertz CT molecular complexity index is 339. The molecule has 1 aromatic carbocycles. The van der Waals surface area contributed by atoms with E-state index < -0.39 is 0 Å². The van der Waals surface area contributed by atoms with Gasteiger partial charge in [0.05, 0.1) is 19.8 Å².